The van der Waals surface area contributed by atoms with Crippen LogP contribution in [0.1, 0.15) is 46.5 Å². The van der Waals surface area contributed by atoms with E-state index in [9.17, 15) is 4.79 Å². The highest BCUT2D eigenvalue weighted by atomic mass is 35.5. The highest BCUT2D eigenvalue weighted by Crippen LogP contribution is 2.60. The van der Waals surface area contributed by atoms with E-state index in [2.05, 4.69) is 13.8 Å². The molecule has 0 aliphatic heterocycles. The molecule has 98 valence electrons. The molecule has 0 aromatic heterocycles. The van der Waals surface area contributed by atoms with Gasteiger partial charge in [0.15, 0.2) is 0 Å². The number of alkyl halides is 1. The summed E-state index contributed by atoms with van der Waals surface area (Å²) in [6.07, 6.45) is 4.81. The number of fused-ring (bicyclic) bond motifs is 2. The summed E-state index contributed by atoms with van der Waals surface area (Å²) in [5.74, 6) is 1.97. The SMILES string of the molecule is CCOC(=O)C(Cl)CC1C2CCC(C2)C1(C)C. The molecule has 2 aliphatic carbocycles. The molecule has 2 bridgehead atoms. The Balaban J connectivity index is 1.97. The Morgan fingerprint density at radius 1 is 1.47 bits per heavy atom. The molecule has 2 aliphatic rings. The Hall–Kier alpha value is -0.240. The van der Waals surface area contributed by atoms with Gasteiger partial charge in [-0.05, 0) is 55.8 Å². The van der Waals surface area contributed by atoms with Crippen molar-refractivity contribution < 1.29 is 9.53 Å². The van der Waals surface area contributed by atoms with E-state index < -0.39 is 5.38 Å². The number of carbonyl (C=O) groups excluding carboxylic acids is 1. The molecule has 4 unspecified atom stereocenters. The molecule has 2 nitrogen and oxygen atoms in total. The number of carbonyl (C=O) groups is 1. The van der Waals surface area contributed by atoms with Crippen LogP contribution in [0.3, 0.4) is 0 Å². The van der Waals surface area contributed by atoms with Gasteiger partial charge in [0.05, 0.1) is 6.61 Å². The zero-order valence-corrected chi connectivity index (χ0v) is 11.8. The van der Waals surface area contributed by atoms with E-state index in [1.165, 1.54) is 19.3 Å². The van der Waals surface area contributed by atoms with Gasteiger partial charge in [-0.3, -0.25) is 4.79 Å². The summed E-state index contributed by atoms with van der Waals surface area (Å²) in [7, 11) is 0. The molecule has 0 N–H and O–H groups in total. The first-order chi connectivity index (χ1) is 7.96. The minimum atomic E-state index is -0.460. The molecule has 4 atom stereocenters. The molecule has 0 saturated heterocycles. The fourth-order valence-corrected chi connectivity index (χ4v) is 4.27. The monoisotopic (exact) mass is 258 g/mol. The lowest BCUT2D eigenvalue weighted by atomic mass is 9.67. The average Bonchev–Trinajstić information content (AvgIpc) is 2.81. The summed E-state index contributed by atoms with van der Waals surface area (Å²) in [6, 6.07) is 0. The topological polar surface area (TPSA) is 26.3 Å². The van der Waals surface area contributed by atoms with Crippen molar-refractivity contribution in [2.75, 3.05) is 6.61 Å². The molecule has 2 rings (SSSR count). The first-order valence-electron chi connectivity index (χ1n) is 6.77. The highest BCUT2D eigenvalue weighted by molar-refractivity contribution is 6.29. The van der Waals surface area contributed by atoms with Gasteiger partial charge in [-0.25, -0.2) is 0 Å². The largest absolute Gasteiger partial charge is 0.465 e. The molecule has 0 heterocycles. The van der Waals surface area contributed by atoms with Gasteiger partial charge in [0.25, 0.3) is 0 Å². The maximum atomic E-state index is 11.6. The third kappa shape index (κ3) is 2.33. The number of halogens is 1. The second-order valence-corrected chi connectivity index (χ2v) is 6.68. The molecular weight excluding hydrogens is 236 g/mol. The maximum Gasteiger partial charge on any atom is 0.324 e. The molecule has 0 aromatic carbocycles. The van der Waals surface area contributed by atoms with Crippen LogP contribution in [0.25, 0.3) is 0 Å². The number of ether oxygens (including phenoxy) is 1. The summed E-state index contributed by atoms with van der Waals surface area (Å²) in [6.45, 7) is 6.93. The lowest BCUT2D eigenvalue weighted by Gasteiger charge is -2.39. The van der Waals surface area contributed by atoms with Crippen LogP contribution in [0.15, 0.2) is 0 Å². The van der Waals surface area contributed by atoms with E-state index in [-0.39, 0.29) is 5.97 Å². The van der Waals surface area contributed by atoms with E-state index in [0.29, 0.717) is 17.9 Å². The lowest BCUT2D eigenvalue weighted by Crippen LogP contribution is -2.34. The molecular formula is C14H23ClO2. The van der Waals surface area contributed by atoms with Crippen LogP contribution in [-0.2, 0) is 9.53 Å². The van der Waals surface area contributed by atoms with E-state index in [1.807, 2.05) is 6.92 Å². The predicted molar refractivity (Wildman–Crippen MR) is 69.0 cm³/mol. The van der Waals surface area contributed by atoms with Crippen LogP contribution < -0.4 is 0 Å². The van der Waals surface area contributed by atoms with E-state index in [4.69, 9.17) is 16.3 Å². The first-order valence-corrected chi connectivity index (χ1v) is 7.21. The Morgan fingerprint density at radius 3 is 2.71 bits per heavy atom. The number of hydrogen-bond acceptors (Lipinski definition) is 2. The molecule has 0 radical (unpaired) electrons. The Morgan fingerprint density at radius 2 is 2.18 bits per heavy atom. The van der Waals surface area contributed by atoms with Crippen molar-refractivity contribution in [3.63, 3.8) is 0 Å². The zero-order valence-electron chi connectivity index (χ0n) is 11.0. The van der Waals surface area contributed by atoms with Crippen LogP contribution in [0, 0.1) is 23.2 Å². The summed E-state index contributed by atoms with van der Waals surface area (Å²) < 4.78 is 4.99. The first kappa shape index (κ1) is 13.2. The van der Waals surface area contributed by atoms with Crippen molar-refractivity contribution in [1.82, 2.24) is 0 Å². The number of hydrogen-bond donors (Lipinski definition) is 0. The standard InChI is InChI=1S/C14H23ClO2/c1-4-17-13(16)12(15)8-11-9-5-6-10(7-9)14(11,2)3/h9-12H,4-8H2,1-3H3. The number of rotatable bonds is 4. The Bertz CT molecular complexity index is 301. The van der Waals surface area contributed by atoms with Gasteiger partial charge in [-0.2, -0.15) is 0 Å². The molecule has 2 fully saturated rings. The third-order valence-corrected chi connectivity index (χ3v) is 5.41. The van der Waals surface area contributed by atoms with Gasteiger partial charge in [-0.15, -0.1) is 11.6 Å². The quantitative estimate of drug-likeness (QED) is 0.569. The van der Waals surface area contributed by atoms with Crippen LogP contribution in [0.5, 0.6) is 0 Å². The minimum absolute atomic E-state index is 0.243. The normalized spacial score (nSPS) is 35.9. The second-order valence-electron chi connectivity index (χ2n) is 6.15. The van der Waals surface area contributed by atoms with Gasteiger partial charge in [0, 0.05) is 0 Å². The van der Waals surface area contributed by atoms with E-state index >= 15 is 0 Å². The molecule has 0 amide bonds. The lowest BCUT2D eigenvalue weighted by molar-refractivity contribution is -0.143. The van der Waals surface area contributed by atoms with Gasteiger partial charge in [0.1, 0.15) is 5.38 Å². The minimum Gasteiger partial charge on any atom is -0.465 e. The van der Waals surface area contributed by atoms with Gasteiger partial charge in [0.2, 0.25) is 0 Å². The fraction of sp³-hybridized carbons (Fsp3) is 0.929. The van der Waals surface area contributed by atoms with Crippen molar-refractivity contribution in [1.29, 1.82) is 0 Å². The highest BCUT2D eigenvalue weighted by Gasteiger charge is 2.53. The smallest absolute Gasteiger partial charge is 0.324 e. The summed E-state index contributed by atoms with van der Waals surface area (Å²) in [5.41, 5.74) is 0.350. The van der Waals surface area contributed by atoms with Gasteiger partial charge < -0.3 is 4.74 Å². The van der Waals surface area contributed by atoms with E-state index in [1.54, 1.807) is 0 Å². The molecule has 0 spiro atoms. The van der Waals surface area contributed by atoms with Crippen molar-refractivity contribution >= 4 is 17.6 Å². The van der Waals surface area contributed by atoms with Gasteiger partial charge in [-0.1, -0.05) is 13.8 Å². The van der Waals surface area contributed by atoms with Crippen LogP contribution in [0.4, 0.5) is 0 Å². The van der Waals surface area contributed by atoms with Gasteiger partial charge >= 0.3 is 5.97 Å². The van der Waals surface area contributed by atoms with Crippen LogP contribution >= 0.6 is 11.6 Å². The Labute approximate surface area is 109 Å². The average molecular weight is 259 g/mol. The van der Waals surface area contributed by atoms with Crippen molar-refractivity contribution in [3.8, 4) is 0 Å². The maximum absolute atomic E-state index is 11.6. The summed E-state index contributed by atoms with van der Waals surface area (Å²) in [4.78, 5) is 11.6. The number of esters is 1. The van der Waals surface area contributed by atoms with Crippen molar-refractivity contribution in [2.45, 2.75) is 51.8 Å². The molecule has 3 heteroatoms. The van der Waals surface area contributed by atoms with Crippen LogP contribution in [0.2, 0.25) is 0 Å². The van der Waals surface area contributed by atoms with Crippen molar-refractivity contribution in [2.24, 2.45) is 23.2 Å². The molecule has 17 heavy (non-hydrogen) atoms. The second kappa shape index (κ2) is 4.79. The van der Waals surface area contributed by atoms with Crippen molar-refractivity contribution in [3.05, 3.63) is 0 Å². The third-order valence-electron chi connectivity index (χ3n) is 5.05. The predicted octanol–water partition coefficient (Wildman–Crippen LogP) is 3.62. The van der Waals surface area contributed by atoms with Crippen LogP contribution in [-0.4, -0.2) is 18.0 Å². The fourth-order valence-electron chi connectivity index (χ4n) is 4.02. The molecule has 0 aromatic rings. The summed E-state index contributed by atoms with van der Waals surface area (Å²) >= 11 is 6.18. The zero-order chi connectivity index (χ0) is 12.6. The molecule has 2 saturated carbocycles. The Kier molecular flexibility index (Phi) is 3.72. The van der Waals surface area contributed by atoms with E-state index in [0.717, 1.165) is 18.3 Å². The summed E-state index contributed by atoms with van der Waals surface area (Å²) in [5, 5.41) is -0.460.